The monoisotopic (exact) mass is 240 g/mol. The Bertz CT molecular complexity index is 353. The lowest BCUT2D eigenvalue weighted by molar-refractivity contribution is -0.00516. The number of hydrogen-bond acceptors (Lipinski definition) is 3. The molecular formula is C12H17ClN2O. The van der Waals surface area contributed by atoms with Crippen LogP contribution in [0.2, 0.25) is 5.02 Å². The topological polar surface area (TPSA) is 38.5 Å². The van der Waals surface area contributed by atoms with Crippen molar-refractivity contribution in [2.45, 2.75) is 26.1 Å². The standard InChI is InChI=1S/C12H17ClN2O/c1-8-6-15(7-9(2)16-8)12-10(13)4-3-5-11(12)14/h3-5,8-9H,6-7,14H2,1-2H3/t8-,9-/m0/s1. The van der Waals surface area contributed by atoms with Gasteiger partial charge in [0.1, 0.15) is 0 Å². The lowest BCUT2D eigenvalue weighted by Crippen LogP contribution is -2.45. The predicted molar refractivity (Wildman–Crippen MR) is 68.1 cm³/mol. The number of ether oxygens (including phenoxy) is 1. The van der Waals surface area contributed by atoms with Gasteiger partial charge >= 0.3 is 0 Å². The van der Waals surface area contributed by atoms with Crippen LogP contribution in [0.25, 0.3) is 0 Å². The zero-order chi connectivity index (χ0) is 11.7. The molecule has 0 spiro atoms. The molecule has 0 unspecified atom stereocenters. The molecule has 1 fully saturated rings. The molecule has 2 atom stereocenters. The van der Waals surface area contributed by atoms with E-state index >= 15 is 0 Å². The fraction of sp³-hybridized carbons (Fsp3) is 0.500. The van der Waals surface area contributed by atoms with Crippen LogP contribution in [-0.2, 0) is 4.74 Å². The molecule has 1 aliphatic rings. The van der Waals surface area contributed by atoms with E-state index in [2.05, 4.69) is 18.7 Å². The minimum atomic E-state index is 0.208. The van der Waals surface area contributed by atoms with Gasteiger partial charge in [0.15, 0.2) is 0 Å². The maximum atomic E-state index is 6.20. The van der Waals surface area contributed by atoms with Crippen LogP contribution in [0.3, 0.4) is 0 Å². The highest BCUT2D eigenvalue weighted by atomic mass is 35.5. The zero-order valence-corrected chi connectivity index (χ0v) is 10.4. The van der Waals surface area contributed by atoms with Gasteiger partial charge in [-0.2, -0.15) is 0 Å². The summed E-state index contributed by atoms with van der Waals surface area (Å²) in [6.45, 7) is 5.79. The van der Waals surface area contributed by atoms with E-state index in [4.69, 9.17) is 22.1 Å². The molecule has 0 saturated carbocycles. The van der Waals surface area contributed by atoms with E-state index in [0.717, 1.165) is 24.5 Å². The second kappa shape index (κ2) is 4.52. The van der Waals surface area contributed by atoms with Crippen molar-refractivity contribution in [1.82, 2.24) is 0 Å². The molecule has 3 nitrogen and oxygen atoms in total. The molecular weight excluding hydrogens is 224 g/mol. The van der Waals surface area contributed by atoms with Crippen LogP contribution >= 0.6 is 11.6 Å². The number of nitrogens with zero attached hydrogens (tertiary/aromatic N) is 1. The summed E-state index contributed by atoms with van der Waals surface area (Å²) in [7, 11) is 0. The van der Waals surface area contributed by atoms with Gasteiger partial charge in [-0.3, -0.25) is 0 Å². The normalized spacial score (nSPS) is 25.8. The molecule has 4 heteroatoms. The number of benzene rings is 1. The van der Waals surface area contributed by atoms with Crippen molar-refractivity contribution in [3.8, 4) is 0 Å². The summed E-state index contributed by atoms with van der Waals surface area (Å²) < 4.78 is 5.69. The van der Waals surface area contributed by atoms with E-state index in [1.165, 1.54) is 0 Å². The number of nitrogens with two attached hydrogens (primary N) is 1. The number of anilines is 2. The molecule has 2 rings (SSSR count). The Morgan fingerprint density at radius 2 is 1.94 bits per heavy atom. The molecule has 2 N–H and O–H groups in total. The largest absolute Gasteiger partial charge is 0.397 e. The first kappa shape index (κ1) is 11.6. The van der Waals surface area contributed by atoms with E-state index in [0.29, 0.717) is 5.02 Å². The van der Waals surface area contributed by atoms with Crippen molar-refractivity contribution >= 4 is 23.0 Å². The molecule has 1 aromatic rings. The van der Waals surface area contributed by atoms with Crippen molar-refractivity contribution in [1.29, 1.82) is 0 Å². The molecule has 16 heavy (non-hydrogen) atoms. The van der Waals surface area contributed by atoms with Crippen LogP contribution in [-0.4, -0.2) is 25.3 Å². The minimum Gasteiger partial charge on any atom is -0.397 e. The molecule has 0 radical (unpaired) electrons. The third kappa shape index (κ3) is 2.25. The van der Waals surface area contributed by atoms with Crippen LogP contribution in [0, 0.1) is 0 Å². The van der Waals surface area contributed by atoms with Crippen molar-refractivity contribution in [3.05, 3.63) is 23.2 Å². The van der Waals surface area contributed by atoms with Crippen LogP contribution in [0.15, 0.2) is 18.2 Å². The van der Waals surface area contributed by atoms with Gasteiger partial charge in [-0.15, -0.1) is 0 Å². The van der Waals surface area contributed by atoms with E-state index in [-0.39, 0.29) is 12.2 Å². The lowest BCUT2D eigenvalue weighted by Gasteiger charge is -2.37. The van der Waals surface area contributed by atoms with E-state index in [1.807, 2.05) is 18.2 Å². The first-order valence-electron chi connectivity index (χ1n) is 5.52. The molecule has 1 heterocycles. The predicted octanol–water partition coefficient (Wildman–Crippen LogP) is 2.54. The van der Waals surface area contributed by atoms with Crippen molar-refractivity contribution in [2.75, 3.05) is 23.7 Å². The summed E-state index contributed by atoms with van der Waals surface area (Å²) in [5, 5.41) is 0.710. The molecule has 0 aliphatic carbocycles. The highest BCUT2D eigenvalue weighted by Gasteiger charge is 2.24. The fourth-order valence-electron chi connectivity index (χ4n) is 2.23. The summed E-state index contributed by atoms with van der Waals surface area (Å²) in [6.07, 6.45) is 0.416. The van der Waals surface area contributed by atoms with Gasteiger partial charge < -0.3 is 15.4 Å². The molecule has 1 aliphatic heterocycles. The average Bonchev–Trinajstić information content (AvgIpc) is 2.15. The second-order valence-corrected chi connectivity index (χ2v) is 4.75. The Hall–Kier alpha value is -0.930. The first-order chi connectivity index (χ1) is 7.58. The van der Waals surface area contributed by atoms with Gasteiger partial charge in [0.25, 0.3) is 0 Å². The Morgan fingerprint density at radius 1 is 1.31 bits per heavy atom. The molecule has 1 aromatic carbocycles. The number of morpholine rings is 1. The molecule has 0 aromatic heterocycles. The smallest absolute Gasteiger partial charge is 0.0790 e. The van der Waals surface area contributed by atoms with Crippen LogP contribution in [0.4, 0.5) is 11.4 Å². The molecule has 0 bridgehead atoms. The zero-order valence-electron chi connectivity index (χ0n) is 9.61. The van der Waals surface area contributed by atoms with Gasteiger partial charge in [0, 0.05) is 13.1 Å². The van der Waals surface area contributed by atoms with Crippen LogP contribution < -0.4 is 10.6 Å². The highest BCUT2D eigenvalue weighted by molar-refractivity contribution is 6.34. The SMILES string of the molecule is C[C@H]1CN(c2c(N)cccc2Cl)C[C@H](C)O1. The number of halogens is 1. The Morgan fingerprint density at radius 3 is 2.50 bits per heavy atom. The van der Waals surface area contributed by atoms with E-state index in [1.54, 1.807) is 0 Å². The summed E-state index contributed by atoms with van der Waals surface area (Å²) in [6, 6.07) is 5.62. The maximum Gasteiger partial charge on any atom is 0.0790 e. The number of hydrogen-bond donors (Lipinski definition) is 1. The third-order valence-corrected chi connectivity index (χ3v) is 3.06. The van der Waals surface area contributed by atoms with Crippen molar-refractivity contribution < 1.29 is 4.74 Å². The van der Waals surface area contributed by atoms with E-state index < -0.39 is 0 Å². The first-order valence-corrected chi connectivity index (χ1v) is 5.90. The number of para-hydroxylation sites is 1. The highest BCUT2D eigenvalue weighted by Crippen LogP contribution is 2.33. The Balaban J connectivity index is 2.29. The molecule has 0 amide bonds. The lowest BCUT2D eigenvalue weighted by atomic mass is 10.2. The number of rotatable bonds is 1. The van der Waals surface area contributed by atoms with Gasteiger partial charge in [0.05, 0.1) is 28.6 Å². The summed E-state index contributed by atoms with van der Waals surface area (Å²) >= 11 is 6.20. The maximum absolute atomic E-state index is 6.20. The van der Waals surface area contributed by atoms with Crippen LogP contribution in [0.1, 0.15) is 13.8 Å². The van der Waals surface area contributed by atoms with Crippen molar-refractivity contribution in [2.24, 2.45) is 0 Å². The van der Waals surface area contributed by atoms with Crippen LogP contribution in [0.5, 0.6) is 0 Å². The fourth-order valence-corrected chi connectivity index (χ4v) is 2.53. The van der Waals surface area contributed by atoms with Crippen molar-refractivity contribution in [3.63, 3.8) is 0 Å². The summed E-state index contributed by atoms with van der Waals surface area (Å²) in [4.78, 5) is 2.20. The average molecular weight is 241 g/mol. The quantitative estimate of drug-likeness (QED) is 0.767. The second-order valence-electron chi connectivity index (χ2n) is 4.34. The molecule has 88 valence electrons. The van der Waals surface area contributed by atoms with Gasteiger partial charge in [-0.1, -0.05) is 17.7 Å². The molecule has 1 saturated heterocycles. The minimum absolute atomic E-state index is 0.208. The third-order valence-electron chi connectivity index (χ3n) is 2.75. The van der Waals surface area contributed by atoms with Gasteiger partial charge in [-0.05, 0) is 26.0 Å². The Kier molecular flexibility index (Phi) is 3.26. The summed E-state index contributed by atoms with van der Waals surface area (Å²) in [5.41, 5.74) is 7.64. The van der Waals surface area contributed by atoms with E-state index in [9.17, 15) is 0 Å². The Labute approximate surface area is 101 Å². The van der Waals surface area contributed by atoms with Gasteiger partial charge in [0.2, 0.25) is 0 Å². The summed E-state index contributed by atoms with van der Waals surface area (Å²) in [5.74, 6) is 0. The number of nitrogen functional groups attached to an aromatic ring is 1. The van der Waals surface area contributed by atoms with Gasteiger partial charge in [-0.25, -0.2) is 0 Å².